The van der Waals surface area contributed by atoms with Gasteiger partial charge in [-0.1, -0.05) is 12.1 Å². The summed E-state index contributed by atoms with van der Waals surface area (Å²) < 4.78 is 1.28. The van der Waals surface area contributed by atoms with Gasteiger partial charge in [0.2, 0.25) is 0 Å². The molecule has 1 aromatic carbocycles. The van der Waals surface area contributed by atoms with Crippen LogP contribution >= 0.6 is 0 Å². The summed E-state index contributed by atoms with van der Waals surface area (Å²) in [6.45, 7) is 0. The molecule has 0 atom stereocenters. The summed E-state index contributed by atoms with van der Waals surface area (Å²) in [7, 11) is 0. The van der Waals surface area contributed by atoms with Gasteiger partial charge in [0.25, 0.3) is 5.56 Å². The second-order valence-corrected chi connectivity index (χ2v) is 5.54. The lowest BCUT2D eigenvalue weighted by molar-refractivity contribution is 0.0695. The number of rotatable bonds is 3. The van der Waals surface area contributed by atoms with Gasteiger partial charge >= 0.3 is 5.97 Å². The molecule has 128 valence electrons. The van der Waals surface area contributed by atoms with Gasteiger partial charge in [-0.2, -0.15) is 0 Å². The molecule has 26 heavy (non-hydrogen) atoms. The SMILES string of the molecule is O=C(c1cnc2c3cc(C(=O)O)c(=O)[nH]c3nn2c1)c1ccccc1O. The fourth-order valence-corrected chi connectivity index (χ4v) is 2.66. The number of hydrogen-bond donors (Lipinski definition) is 3. The Morgan fingerprint density at radius 1 is 1.15 bits per heavy atom. The molecule has 0 radical (unpaired) electrons. The Kier molecular flexibility index (Phi) is 3.29. The summed E-state index contributed by atoms with van der Waals surface area (Å²) >= 11 is 0. The van der Waals surface area contributed by atoms with Crippen molar-refractivity contribution in [3.63, 3.8) is 0 Å². The van der Waals surface area contributed by atoms with E-state index in [-0.39, 0.29) is 28.2 Å². The van der Waals surface area contributed by atoms with E-state index >= 15 is 0 Å². The molecule has 4 rings (SSSR count). The summed E-state index contributed by atoms with van der Waals surface area (Å²) in [4.78, 5) is 42.0. The van der Waals surface area contributed by atoms with Gasteiger partial charge in [0.05, 0.1) is 16.5 Å². The van der Waals surface area contributed by atoms with Crippen LogP contribution in [0, 0.1) is 0 Å². The molecule has 0 spiro atoms. The van der Waals surface area contributed by atoms with Crippen molar-refractivity contribution in [1.82, 2.24) is 19.6 Å². The number of ketones is 1. The van der Waals surface area contributed by atoms with Crippen LogP contribution in [-0.2, 0) is 0 Å². The van der Waals surface area contributed by atoms with Crippen LogP contribution in [0.25, 0.3) is 16.7 Å². The van der Waals surface area contributed by atoms with E-state index < -0.39 is 22.9 Å². The van der Waals surface area contributed by atoms with E-state index in [0.717, 1.165) is 0 Å². The normalized spacial score (nSPS) is 11.1. The number of H-pyrrole nitrogens is 1. The number of aromatic nitrogens is 4. The predicted octanol–water partition coefficient (Wildman–Crippen LogP) is 1.21. The molecule has 0 amide bonds. The summed E-state index contributed by atoms with van der Waals surface area (Å²) in [5.41, 5.74) is -0.478. The van der Waals surface area contributed by atoms with Crippen molar-refractivity contribution < 1.29 is 19.8 Å². The van der Waals surface area contributed by atoms with Crippen molar-refractivity contribution in [2.45, 2.75) is 0 Å². The maximum Gasteiger partial charge on any atom is 0.341 e. The lowest BCUT2D eigenvalue weighted by Crippen LogP contribution is -2.16. The number of hydrogen-bond acceptors (Lipinski definition) is 6. The quantitative estimate of drug-likeness (QED) is 0.472. The van der Waals surface area contributed by atoms with Gasteiger partial charge in [0.15, 0.2) is 17.1 Å². The molecule has 0 saturated carbocycles. The first-order valence-corrected chi connectivity index (χ1v) is 7.43. The van der Waals surface area contributed by atoms with Crippen LogP contribution in [0.15, 0.2) is 47.5 Å². The number of nitrogens with one attached hydrogen (secondary N) is 1. The Morgan fingerprint density at radius 3 is 2.65 bits per heavy atom. The van der Waals surface area contributed by atoms with Crippen LogP contribution in [0.1, 0.15) is 26.3 Å². The van der Waals surface area contributed by atoms with E-state index in [9.17, 15) is 19.5 Å². The minimum absolute atomic E-state index is 0.118. The maximum absolute atomic E-state index is 12.5. The largest absolute Gasteiger partial charge is 0.507 e. The zero-order chi connectivity index (χ0) is 18.4. The summed E-state index contributed by atoms with van der Waals surface area (Å²) in [6, 6.07) is 7.30. The molecule has 0 unspecified atom stereocenters. The van der Waals surface area contributed by atoms with Crippen molar-refractivity contribution in [2.75, 3.05) is 0 Å². The molecule has 9 heteroatoms. The topological polar surface area (TPSA) is 138 Å². The van der Waals surface area contributed by atoms with Crippen molar-refractivity contribution in [2.24, 2.45) is 0 Å². The summed E-state index contributed by atoms with van der Waals surface area (Å²) in [6.07, 6.45) is 2.70. The number of fused-ring (bicyclic) bond motifs is 3. The van der Waals surface area contributed by atoms with E-state index in [1.54, 1.807) is 12.1 Å². The van der Waals surface area contributed by atoms with Crippen molar-refractivity contribution in [1.29, 1.82) is 0 Å². The molecule has 0 aliphatic heterocycles. The lowest BCUT2D eigenvalue weighted by Gasteiger charge is -2.03. The lowest BCUT2D eigenvalue weighted by atomic mass is 10.1. The zero-order valence-electron chi connectivity index (χ0n) is 13.0. The van der Waals surface area contributed by atoms with E-state index in [2.05, 4.69) is 15.1 Å². The van der Waals surface area contributed by atoms with Gasteiger partial charge in [-0.05, 0) is 18.2 Å². The predicted molar refractivity (Wildman–Crippen MR) is 89.6 cm³/mol. The molecule has 0 aliphatic rings. The number of phenols is 1. The van der Waals surface area contributed by atoms with Crippen LogP contribution in [0.4, 0.5) is 0 Å². The number of pyridine rings is 1. The third-order valence-electron chi connectivity index (χ3n) is 3.91. The van der Waals surface area contributed by atoms with Gasteiger partial charge in [-0.15, -0.1) is 5.10 Å². The number of nitrogens with zero attached hydrogens (tertiary/aromatic N) is 3. The van der Waals surface area contributed by atoms with E-state index in [1.807, 2.05) is 0 Å². The summed E-state index contributed by atoms with van der Waals surface area (Å²) in [5, 5.41) is 23.4. The highest BCUT2D eigenvalue weighted by atomic mass is 16.4. The minimum Gasteiger partial charge on any atom is -0.507 e. The molecule has 0 bridgehead atoms. The molecular formula is C17H10N4O5. The molecule has 0 aliphatic carbocycles. The monoisotopic (exact) mass is 350 g/mol. The third-order valence-corrected chi connectivity index (χ3v) is 3.91. The van der Waals surface area contributed by atoms with E-state index in [0.29, 0.717) is 5.39 Å². The van der Waals surface area contributed by atoms with Gasteiger partial charge in [0.1, 0.15) is 11.3 Å². The second-order valence-electron chi connectivity index (χ2n) is 5.54. The number of carboxylic acids is 1. The highest BCUT2D eigenvalue weighted by Crippen LogP contribution is 2.21. The highest BCUT2D eigenvalue weighted by molar-refractivity contribution is 6.10. The number of benzene rings is 1. The Hall–Kier alpha value is -4.01. The Balaban J connectivity index is 1.89. The first-order valence-electron chi connectivity index (χ1n) is 7.43. The fraction of sp³-hybridized carbons (Fsp3) is 0. The van der Waals surface area contributed by atoms with Crippen LogP contribution in [0.2, 0.25) is 0 Å². The second kappa shape index (κ2) is 5.52. The van der Waals surface area contributed by atoms with E-state index in [4.69, 9.17) is 5.11 Å². The van der Waals surface area contributed by atoms with Crippen LogP contribution in [0.5, 0.6) is 5.75 Å². The molecular weight excluding hydrogens is 340 g/mol. The third kappa shape index (κ3) is 2.30. The fourth-order valence-electron chi connectivity index (χ4n) is 2.66. The smallest absolute Gasteiger partial charge is 0.341 e. The number of carboxylic acid groups (broad SMARTS) is 1. The number of phenolic OH excluding ortho intramolecular Hbond substituents is 1. The molecule has 0 fully saturated rings. The number of para-hydroxylation sites is 1. The summed E-state index contributed by atoms with van der Waals surface area (Å²) in [5.74, 6) is -1.96. The average molecular weight is 350 g/mol. The molecule has 3 N–H and O–H groups in total. The van der Waals surface area contributed by atoms with Gasteiger partial charge in [-0.25, -0.2) is 14.3 Å². The van der Waals surface area contributed by atoms with Gasteiger partial charge < -0.3 is 15.2 Å². The van der Waals surface area contributed by atoms with Gasteiger partial charge in [0, 0.05) is 12.4 Å². The van der Waals surface area contributed by atoms with Crippen LogP contribution < -0.4 is 5.56 Å². The molecule has 3 aromatic heterocycles. The van der Waals surface area contributed by atoms with Crippen LogP contribution in [-0.4, -0.2) is 41.5 Å². The van der Waals surface area contributed by atoms with Crippen molar-refractivity contribution in [3.8, 4) is 5.75 Å². The van der Waals surface area contributed by atoms with Gasteiger partial charge in [-0.3, -0.25) is 9.59 Å². The first kappa shape index (κ1) is 15.5. The van der Waals surface area contributed by atoms with Crippen LogP contribution in [0.3, 0.4) is 0 Å². The molecule has 9 nitrogen and oxygen atoms in total. The number of carbonyl (C=O) groups is 2. The number of aromatic hydroxyl groups is 1. The molecule has 4 aromatic rings. The number of aromatic amines is 1. The average Bonchev–Trinajstić information content (AvgIpc) is 2.96. The van der Waals surface area contributed by atoms with E-state index in [1.165, 1.54) is 35.1 Å². The molecule has 0 saturated heterocycles. The first-order chi connectivity index (χ1) is 12.5. The zero-order valence-corrected chi connectivity index (χ0v) is 13.0. The van der Waals surface area contributed by atoms with Crippen molar-refractivity contribution in [3.05, 3.63) is 69.8 Å². The highest BCUT2D eigenvalue weighted by Gasteiger charge is 2.18. The minimum atomic E-state index is -1.36. The Morgan fingerprint density at radius 2 is 1.92 bits per heavy atom. The Bertz CT molecular complexity index is 1270. The number of carbonyl (C=O) groups excluding carboxylic acids is 1. The Labute approximate surface area is 144 Å². The number of aromatic carboxylic acids is 1. The maximum atomic E-state index is 12.5. The standard InChI is InChI=1S/C17H10N4O5/c22-12-4-2-1-3-9(12)13(23)8-6-18-15-10-5-11(17(25)26)16(24)19-14(10)20-21(15)7-8/h1-7,22H,(H,25,26)(H,19,20,24). The molecule has 3 heterocycles. The van der Waals surface area contributed by atoms with Crippen molar-refractivity contribution >= 4 is 28.4 Å².